The molecular formula is C11H23N3O. The molecule has 0 aromatic carbocycles. The zero-order valence-corrected chi connectivity index (χ0v) is 10.2. The lowest BCUT2D eigenvalue weighted by molar-refractivity contribution is -0.136. The van der Waals surface area contributed by atoms with Gasteiger partial charge in [-0.1, -0.05) is 0 Å². The molecule has 1 fully saturated rings. The highest BCUT2D eigenvalue weighted by Gasteiger charge is 2.33. The molecule has 0 aromatic heterocycles. The second-order valence-electron chi connectivity index (χ2n) is 5.20. The van der Waals surface area contributed by atoms with Crippen LogP contribution < -0.4 is 5.73 Å². The Morgan fingerprint density at radius 1 is 1.67 bits per heavy atom. The molecule has 0 saturated carbocycles. The molecule has 0 spiro atoms. The number of nitrogens with two attached hydrogens (primary N) is 1. The number of ether oxygens (including phenoxy) is 1. The highest BCUT2D eigenvalue weighted by atomic mass is 16.5. The van der Waals surface area contributed by atoms with Gasteiger partial charge in [0.25, 0.3) is 0 Å². The second-order valence-corrected chi connectivity index (χ2v) is 5.20. The van der Waals surface area contributed by atoms with Gasteiger partial charge in [-0.25, -0.2) is 0 Å². The van der Waals surface area contributed by atoms with Crippen molar-refractivity contribution in [1.82, 2.24) is 4.90 Å². The molecule has 4 nitrogen and oxygen atoms in total. The number of morpholine rings is 1. The van der Waals surface area contributed by atoms with Gasteiger partial charge in [0, 0.05) is 25.6 Å². The minimum absolute atomic E-state index is 0.0945. The van der Waals surface area contributed by atoms with E-state index in [9.17, 15) is 0 Å². The van der Waals surface area contributed by atoms with Crippen LogP contribution >= 0.6 is 0 Å². The number of rotatable bonds is 3. The van der Waals surface area contributed by atoms with Crippen LogP contribution in [0.5, 0.6) is 0 Å². The van der Waals surface area contributed by atoms with E-state index < -0.39 is 0 Å². The van der Waals surface area contributed by atoms with E-state index in [-0.39, 0.29) is 17.5 Å². The second kappa shape index (κ2) is 4.49. The molecule has 0 amide bonds. The molecule has 15 heavy (non-hydrogen) atoms. The third-order valence-corrected chi connectivity index (χ3v) is 2.73. The number of nitrogens with one attached hydrogen (secondary N) is 1. The number of amidine groups is 1. The minimum Gasteiger partial charge on any atom is -0.388 e. The third-order valence-electron chi connectivity index (χ3n) is 2.73. The molecular weight excluding hydrogens is 190 g/mol. The van der Waals surface area contributed by atoms with Crippen molar-refractivity contribution in [2.24, 2.45) is 5.73 Å². The Morgan fingerprint density at radius 3 is 2.73 bits per heavy atom. The van der Waals surface area contributed by atoms with Crippen molar-refractivity contribution in [3.05, 3.63) is 0 Å². The lowest BCUT2D eigenvalue weighted by Crippen LogP contribution is -2.55. The smallest absolute Gasteiger partial charge is 0.0920 e. The predicted octanol–water partition coefficient (Wildman–Crippen LogP) is 1.20. The van der Waals surface area contributed by atoms with Gasteiger partial charge in [0.05, 0.1) is 17.5 Å². The van der Waals surface area contributed by atoms with Crippen molar-refractivity contribution in [1.29, 1.82) is 5.41 Å². The Kier molecular flexibility index (Phi) is 3.73. The van der Waals surface area contributed by atoms with Crippen LogP contribution in [-0.2, 0) is 4.74 Å². The van der Waals surface area contributed by atoms with E-state index >= 15 is 0 Å². The van der Waals surface area contributed by atoms with Gasteiger partial charge in [0.1, 0.15) is 0 Å². The first-order valence-corrected chi connectivity index (χ1v) is 5.55. The molecule has 2 atom stereocenters. The fourth-order valence-corrected chi connectivity index (χ4v) is 2.29. The van der Waals surface area contributed by atoms with E-state index in [2.05, 4.69) is 32.6 Å². The lowest BCUT2D eigenvalue weighted by atomic mass is 10.0. The largest absolute Gasteiger partial charge is 0.388 e. The zero-order chi connectivity index (χ0) is 11.6. The molecule has 3 N–H and O–H groups in total. The van der Waals surface area contributed by atoms with Crippen LogP contribution in [0.25, 0.3) is 0 Å². The first kappa shape index (κ1) is 12.5. The lowest BCUT2D eigenvalue weighted by Gasteiger charge is -2.44. The van der Waals surface area contributed by atoms with Crippen molar-refractivity contribution >= 4 is 5.84 Å². The summed E-state index contributed by atoms with van der Waals surface area (Å²) in [6.07, 6.45) is 0.895. The quantitative estimate of drug-likeness (QED) is 0.547. The summed E-state index contributed by atoms with van der Waals surface area (Å²) < 4.78 is 5.83. The van der Waals surface area contributed by atoms with Crippen LogP contribution in [0.15, 0.2) is 0 Å². The number of hydrogen-bond donors (Lipinski definition) is 2. The Balaban J connectivity index is 2.57. The van der Waals surface area contributed by atoms with Gasteiger partial charge < -0.3 is 10.5 Å². The summed E-state index contributed by atoms with van der Waals surface area (Å²) in [5, 5.41) is 7.31. The molecule has 88 valence electrons. The molecule has 0 bridgehead atoms. The highest BCUT2D eigenvalue weighted by Crippen LogP contribution is 2.22. The van der Waals surface area contributed by atoms with Crippen molar-refractivity contribution in [2.75, 3.05) is 13.1 Å². The standard InChI is InChI=1S/C11H23N3O/c1-8(5-10(12)13)14-6-9(2)15-11(3,4)7-14/h8-9H,5-7H2,1-4H3,(H3,12,13). The van der Waals surface area contributed by atoms with Crippen LogP contribution in [0.3, 0.4) is 0 Å². The molecule has 0 radical (unpaired) electrons. The Morgan fingerprint density at radius 2 is 2.27 bits per heavy atom. The average molecular weight is 213 g/mol. The summed E-state index contributed by atoms with van der Waals surface area (Å²) in [6.45, 7) is 10.3. The predicted molar refractivity (Wildman–Crippen MR) is 62.2 cm³/mol. The van der Waals surface area contributed by atoms with Gasteiger partial charge in [-0.2, -0.15) is 0 Å². The fraction of sp³-hybridized carbons (Fsp3) is 0.909. The highest BCUT2D eigenvalue weighted by molar-refractivity contribution is 5.77. The summed E-state index contributed by atoms with van der Waals surface area (Å²) in [5.74, 6) is 0.263. The topological polar surface area (TPSA) is 62.3 Å². The maximum Gasteiger partial charge on any atom is 0.0920 e. The van der Waals surface area contributed by atoms with E-state index in [0.29, 0.717) is 12.5 Å². The summed E-state index contributed by atoms with van der Waals surface area (Å²) in [5.41, 5.74) is 5.33. The zero-order valence-electron chi connectivity index (χ0n) is 10.2. The van der Waals surface area contributed by atoms with Gasteiger partial charge in [0.15, 0.2) is 0 Å². The van der Waals surface area contributed by atoms with Crippen LogP contribution in [0.2, 0.25) is 0 Å². The van der Waals surface area contributed by atoms with Gasteiger partial charge in [0.2, 0.25) is 0 Å². The fourth-order valence-electron chi connectivity index (χ4n) is 2.29. The molecule has 1 aliphatic rings. The maximum atomic E-state index is 7.31. The van der Waals surface area contributed by atoms with Crippen LogP contribution in [0.4, 0.5) is 0 Å². The molecule has 1 aliphatic heterocycles. The van der Waals surface area contributed by atoms with Gasteiger partial charge in [-0.3, -0.25) is 10.3 Å². The van der Waals surface area contributed by atoms with E-state index in [1.165, 1.54) is 0 Å². The van der Waals surface area contributed by atoms with E-state index in [0.717, 1.165) is 13.1 Å². The molecule has 2 unspecified atom stereocenters. The Hall–Kier alpha value is -0.610. The maximum absolute atomic E-state index is 7.31. The van der Waals surface area contributed by atoms with E-state index in [1.807, 2.05) is 0 Å². The van der Waals surface area contributed by atoms with Crippen LogP contribution in [-0.4, -0.2) is 41.6 Å². The van der Waals surface area contributed by atoms with Crippen LogP contribution in [0, 0.1) is 5.41 Å². The molecule has 1 rings (SSSR count). The van der Waals surface area contributed by atoms with Crippen molar-refractivity contribution in [3.8, 4) is 0 Å². The normalized spacial score (nSPS) is 28.7. The molecule has 1 saturated heterocycles. The van der Waals surface area contributed by atoms with Gasteiger partial charge >= 0.3 is 0 Å². The Labute approximate surface area is 92.3 Å². The average Bonchev–Trinajstić information content (AvgIpc) is 1.98. The molecule has 4 heteroatoms. The number of nitrogens with zero attached hydrogens (tertiary/aromatic N) is 1. The van der Waals surface area contributed by atoms with Crippen molar-refractivity contribution in [2.45, 2.75) is 51.9 Å². The summed E-state index contributed by atoms with van der Waals surface area (Å²) >= 11 is 0. The number of hydrogen-bond acceptors (Lipinski definition) is 3. The van der Waals surface area contributed by atoms with E-state index in [4.69, 9.17) is 15.9 Å². The first-order valence-electron chi connectivity index (χ1n) is 5.55. The Bertz CT molecular complexity index is 240. The van der Waals surface area contributed by atoms with Crippen LogP contribution in [0.1, 0.15) is 34.1 Å². The summed E-state index contributed by atoms with van der Waals surface area (Å²) in [4.78, 5) is 2.36. The van der Waals surface area contributed by atoms with Crippen molar-refractivity contribution < 1.29 is 4.74 Å². The SMILES string of the molecule is CC1CN(C(C)CC(=N)N)CC(C)(C)O1. The monoisotopic (exact) mass is 213 g/mol. The summed E-state index contributed by atoms with van der Waals surface area (Å²) in [6, 6.07) is 0.327. The van der Waals surface area contributed by atoms with Gasteiger partial charge in [-0.05, 0) is 27.7 Å². The molecule has 1 heterocycles. The summed E-state index contributed by atoms with van der Waals surface area (Å²) in [7, 11) is 0. The molecule has 0 aromatic rings. The van der Waals surface area contributed by atoms with E-state index in [1.54, 1.807) is 0 Å². The third kappa shape index (κ3) is 3.80. The molecule has 0 aliphatic carbocycles. The van der Waals surface area contributed by atoms with Crippen molar-refractivity contribution in [3.63, 3.8) is 0 Å². The first-order chi connectivity index (χ1) is 6.80. The minimum atomic E-state index is -0.0945. The van der Waals surface area contributed by atoms with Gasteiger partial charge in [-0.15, -0.1) is 0 Å².